The van der Waals surface area contributed by atoms with E-state index in [0.29, 0.717) is 0 Å². The van der Waals surface area contributed by atoms with Crippen LogP contribution in [-0.4, -0.2) is 49.7 Å². The fourth-order valence-corrected chi connectivity index (χ4v) is 4.81. The van der Waals surface area contributed by atoms with Gasteiger partial charge in [-0.05, 0) is 31.9 Å². The van der Waals surface area contributed by atoms with Crippen molar-refractivity contribution in [3.8, 4) is 0 Å². The number of rotatable bonds is 3. The van der Waals surface area contributed by atoms with E-state index in [-0.39, 0.29) is 17.5 Å². The molecule has 4 rings (SSSR count). The van der Waals surface area contributed by atoms with Crippen LogP contribution in [0.4, 0.5) is 5.69 Å². The molecule has 136 valence electrons. The van der Waals surface area contributed by atoms with Crippen LogP contribution in [0.25, 0.3) is 0 Å². The number of piperazine rings is 1. The number of aryl methyl sites for hydroxylation is 1. The second kappa shape index (κ2) is 6.99. The Morgan fingerprint density at radius 2 is 1.72 bits per heavy atom. The number of hydrogen-bond donors (Lipinski definition) is 0. The van der Waals surface area contributed by atoms with E-state index < -0.39 is 0 Å². The van der Waals surface area contributed by atoms with Crippen LogP contribution in [0.2, 0.25) is 0 Å². The van der Waals surface area contributed by atoms with Gasteiger partial charge in [-0.3, -0.25) is 9.69 Å². The number of carbonyl (C=O) groups excluding carboxylic acids is 1. The first kappa shape index (κ1) is 16.9. The summed E-state index contributed by atoms with van der Waals surface area (Å²) >= 11 is 0. The lowest BCUT2D eigenvalue weighted by Gasteiger charge is -2.37. The Morgan fingerprint density at radius 1 is 1.04 bits per heavy atom. The topological polar surface area (TPSA) is 32.8 Å². The van der Waals surface area contributed by atoms with Gasteiger partial charge in [0, 0.05) is 44.8 Å². The summed E-state index contributed by atoms with van der Waals surface area (Å²) in [6.07, 6.45) is 6.81. The van der Waals surface area contributed by atoms with Gasteiger partial charge in [0.25, 0.3) is 0 Å². The molecule has 1 spiro atoms. The van der Waals surface area contributed by atoms with Crippen molar-refractivity contribution in [3.63, 3.8) is 0 Å². The van der Waals surface area contributed by atoms with Gasteiger partial charge >= 0.3 is 5.97 Å². The van der Waals surface area contributed by atoms with E-state index in [1.54, 1.807) is 0 Å². The standard InChI is InChI=1S/C21H30N2O2/c1-17-5-7-18(8-6-17)23-13-11-22(12-14-23)16-19-15-21(20(24)25-19)9-3-2-4-10-21/h5-8,19H,2-4,9-16H2,1H3. The average Bonchev–Trinajstić information content (AvgIpc) is 2.92. The normalized spacial score (nSPS) is 26.8. The highest BCUT2D eigenvalue weighted by atomic mass is 16.6. The molecule has 2 saturated heterocycles. The fourth-order valence-electron chi connectivity index (χ4n) is 4.81. The third-order valence-corrected chi connectivity index (χ3v) is 6.37. The van der Waals surface area contributed by atoms with Gasteiger partial charge in [-0.25, -0.2) is 0 Å². The second-order valence-electron chi connectivity index (χ2n) is 8.20. The molecule has 25 heavy (non-hydrogen) atoms. The third-order valence-electron chi connectivity index (χ3n) is 6.37. The van der Waals surface area contributed by atoms with E-state index in [2.05, 4.69) is 41.0 Å². The van der Waals surface area contributed by atoms with E-state index in [1.807, 2.05) is 0 Å². The molecule has 4 nitrogen and oxygen atoms in total. The van der Waals surface area contributed by atoms with E-state index in [0.717, 1.165) is 52.0 Å². The summed E-state index contributed by atoms with van der Waals surface area (Å²) < 4.78 is 5.79. The zero-order valence-corrected chi connectivity index (χ0v) is 15.4. The molecule has 1 saturated carbocycles. The maximum atomic E-state index is 12.4. The number of anilines is 1. The zero-order valence-electron chi connectivity index (χ0n) is 15.4. The third kappa shape index (κ3) is 3.55. The first-order valence-electron chi connectivity index (χ1n) is 9.90. The molecule has 0 aromatic heterocycles. The molecule has 0 bridgehead atoms. The molecule has 0 radical (unpaired) electrons. The summed E-state index contributed by atoms with van der Waals surface area (Å²) in [4.78, 5) is 17.4. The van der Waals surface area contributed by atoms with Gasteiger partial charge in [0.1, 0.15) is 6.10 Å². The van der Waals surface area contributed by atoms with Crippen LogP contribution >= 0.6 is 0 Å². The summed E-state index contributed by atoms with van der Waals surface area (Å²) in [6.45, 7) is 7.24. The lowest BCUT2D eigenvalue weighted by atomic mass is 9.72. The molecule has 2 heterocycles. The minimum atomic E-state index is -0.132. The highest BCUT2D eigenvalue weighted by Crippen LogP contribution is 2.46. The number of cyclic esters (lactones) is 1. The largest absolute Gasteiger partial charge is 0.461 e. The first-order valence-corrected chi connectivity index (χ1v) is 9.90. The van der Waals surface area contributed by atoms with Crippen molar-refractivity contribution in [2.45, 2.75) is 51.6 Å². The zero-order chi connectivity index (χ0) is 17.3. The van der Waals surface area contributed by atoms with Crippen LogP contribution in [0.3, 0.4) is 0 Å². The summed E-state index contributed by atoms with van der Waals surface area (Å²) in [5.74, 6) is 0.0930. The van der Waals surface area contributed by atoms with Crippen LogP contribution in [0, 0.1) is 12.3 Å². The lowest BCUT2D eigenvalue weighted by Crippen LogP contribution is -2.48. The van der Waals surface area contributed by atoms with Crippen molar-refractivity contribution in [1.29, 1.82) is 0 Å². The molecular weight excluding hydrogens is 312 g/mol. The van der Waals surface area contributed by atoms with Crippen molar-refractivity contribution < 1.29 is 9.53 Å². The van der Waals surface area contributed by atoms with Crippen molar-refractivity contribution in [1.82, 2.24) is 4.90 Å². The molecule has 3 fully saturated rings. The van der Waals surface area contributed by atoms with E-state index in [4.69, 9.17) is 4.74 Å². The van der Waals surface area contributed by atoms with Crippen molar-refractivity contribution >= 4 is 11.7 Å². The number of benzene rings is 1. The number of hydrogen-bond acceptors (Lipinski definition) is 4. The molecule has 0 amide bonds. The average molecular weight is 342 g/mol. The molecular formula is C21H30N2O2. The Balaban J connectivity index is 1.29. The molecule has 1 aromatic carbocycles. The minimum Gasteiger partial charge on any atom is -0.461 e. The lowest BCUT2D eigenvalue weighted by molar-refractivity contribution is -0.150. The van der Waals surface area contributed by atoms with Crippen molar-refractivity contribution in [3.05, 3.63) is 29.8 Å². The molecule has 4 heteroatoms. The maximum absolute atomic E-state index is 12.4. The van der Waals surface area contributed by atoms with Crippen molar-refractivity contribution in [2.75, 3.05) is 37.6 Å². The molecule has 1 aromatic rings. The number of esters is 1. The summed E-state index contributed by atoms with van der Waals surface area (Å²) in [7, 11) is 0. The van der Waals surface area contributed by atoms with Gasteiger partial charge in [0.15, 0.2) is 0 Å². The van der Waals surface area contributed by atoms with Gasteiger partial charge in [-0.1, -0.05) is 37.0 Å². The van der Waals surface area contributed by atoms with E-state index in [1.165, 1.54) is 30.5 Å². The van der Waals surface area contributed by atoms with Gasteiger partial charge in [-0.15, -0.1) is 0 Å². The Hall–Kier alpha value is -1.55. The van der Waals surface area contributed by atoms with Gasteiger partial charge in [0.2, 0.25) is 0 Å². The predicted octanol–water partition coefficient (Wildman–Crippen LogP) is 3.38. The SMILES string of the molecule is Cc1ccc(N2CCN(CC3CC4(CCCCC4)C(=O)O3)CC2)cc1. The van der Waals surface area contributed by atoms with Crippen LogP contribution in [0.15, 0.2) is 24.3 Å². The summed E-state index contributed by atoms with van der Waals surface area (Å²) in [5.41, 5.74) is 2.49. The monoisotopic (exact) mass is 342 g/mol. The molecule has 1 unspecified atom stereocenters. The Bertz CT molecular complexity index is 599. The number of nitrogens with zero attached hydrogens (tertiary/aromatic N) is 2. The molecule has 2 aliphatic heterocycles. The van der Waals surface area contributed by atoms with E-state index in [9.17, 15) is 4.79 Å². The highest BCUT2D eigenvalue weighted by Gasteiger charge is 2.49. The Morgan fingerprint density at radius 3 is 2.40 bits per heavy atom. The van der Waals surface area contributed by atoms with Crippen LogP contribution in [0.5, 0.6) is 0 Å². The van der Waals surface area contributed by atoms with Crippen LogP contribution < -0.4 is 4.90 Å². The van der Waals surface area contributed by atoms with E-state index >= 15 is 0 Å². The Labute approximate surface area is 151 Å². The molecule has 1 aliphatic carbocycles. The predicted molar refractivity (Wildman–Crippen MR) is 99.8 cm³/mol. The number of ether oxygens (including phenoxy) is 1. The highest BCUT2D eigenvalue weighted by molar-refractivity contribution is 5.79. The molecule has 3 aliphatic rings. The molecule has 1 atom stereocenters. The molecule has 0 N–H and O–H groups in total. The number of carbonyl (C=O) groups is 1. The second-order valence-corrected chi connectivity index (χ2v) is 8.20. The summed E-state index contributed by atoms with van der Waals surface area (Å²) in [5, 5.41) is 0. The van der Waals surface area contributed by atoms with Gasteiger partial charge in [-0.2, -0.15) is 0 Å². The quantitative estimate of drug-likeness (QED) is 0.789. The van der Waals surface area contributed by atoms with Gasteiger partial charge < -0.3 is 9.64 Å². The maximum Gasteiger partial charge on any atom is 0.312 e. The van der Waals surface area contributed by atoms with Gasteiger partial charge in [0.05, 0.1) is 5.41 Å². The first-order chi connectivity index (χ1) is 12.1. The van der Waals surface area contributed by atoms with Crippen molar-refractivity contribution in [2.24, 2.45) is 5.41 Å². The van der Waals surface area contributed by atoms with Crippen LogP contribution in [-0.2, 0) is 9.53 Å². The Kier molecular flexibility index (Phi) is 4.72. The fraction of sp³-hybridized carbons (Fsp3) is 0.667. The smallest absolute Gasteiger partial charge is 0.312 e. The minimum absolute atomic E-state index is 0.0930. The van der Waals surface area contributed by atoms with Crippen LogP contribution in [0.1, 0.15) is 44.1 Å². The summed E-state index contributed by atoms with van der Waals surface area (Å²) in [6, 6.07) is 8.81.